The van der Waals surface area contributed by atoms with Crippen LogP contribution in [0.2, 0.25) is 0 Å². The van der Waals surface area contributed by atoms with Crippen molar-refractivity contribution in [3.8, 4) is 5.69 Å². The second kappa shape index (κ2) is 6.85. The predicted molar refractivity (Wildman–Crippen MR) is 99.9 cm³/mol. The molecule has 0 saturated carbocycles. The number of nitrogens with one attached hydrogen (secondary N) is 1. The van der Waals surface area contributed by atoms with Crippen LogP contribution in [-0.2, 0) is 0 Å². The second-order valence-corrected chi connectivity index (χ2v) is 6.33. The van der Waals surface area contributed by atoms with Crippen LogP contribution in [0.4, 0.5) is 10.5 Å². The summed E-state index contributed by atoms with van der Waals surface area (Å²) in [7, 11) is 0. The normalized spacial score (nSPS) is 16.8. The molecule has 1 aliphatic rings. The summed E-state index contributed by atoms with van der Waals surface area (Å²) in [5, 5.41) is 3.06. The van der Waals surface area contributed by atoms with Gasteiger partial charge in [0.05, 0.1) is 6.04 Å². The Bertz CT molecular complexity index is 843. The van der Waals surface area contributed by atoms with E-state index in [1.165, 1.54) is 5.56 Å². The zero-order chi connectivity index (χ0) is 17.1. The largest absolute Gasteiger partial charge is 0.324 e. The van der Waals surface area contributed by atoms with E-state index in [0.717, 1.165) is 30.8 Å². The Kier molecular flexibility index (Phi) is 4.25. The maximum Gasteiger partial charge on any atom is 0.322 e. The van der Waals surface area contributed by atoms with Gasteiger partial charge >= 0.3 is 6.03 Å². The zero-order valence-electron chi connectivity index (χ0n) is 14.0. The van der Waals surface area contributed by atoms with Crippen LogP contribution in [-0.4, -0.2) is 22.0 Å². The van der Waals surface area contributed by atoms with Crippen molar-refractivity contribution in [2.75, 3.05) is 11.9 Å². The fraction of sp³-hybridized carbons (Fsp3) is 0.190. The van der Waals surface area contributed by atoms with Crippen LogP contribution >= 0.6 is 0 Å². The van der Waals surface area contributed by atoms with Crippen molar-refractivity contribution in [2.24, 2.45) is 0 Å². The molecule has 25 heavy (non-hydrogen) atoms. The van der Waals surface area contributed by atoms with E-state index in [0.29, 0.717) is 0 Å². The Morgan fingerprint density at radius 3 is 2.56 bits per heavy atom. The third-order valence-electron chi connectivity index (χ3n) is 4.70. The van der Waals surface area contributed by atoms with Gasteiger partial charge in [-0.2, -0.15) is 0 Å². The summed E-state index contributed by atoms with van der Waals surface area (Å²) in [6, 6.07) is 22.3. The number of rotatable bonds is 3. The van der Waals surface area contributed by atoms with Crippen LogP contribution in [0.25, 0.3) is 5.69 Å². The monoisotopic (exact) mass is 331 g/mol. The summed E-state index contributed by atoms with van der Waals surface area (Å²) in [5.74, 6) is 0. The minimum Gasteiger partial charge on any atom is -0.324 e. The van der Waals surface area contributed by atoms with E-state index < -0.39 is 0 Å². The molecule has 0 radical (unpaired) electrons. The smallest absolute Gasteiger partial charge is 0.322 e. The molecule has 2 heterocycles. The summed E-state index contributed by atoms with van der Waals surface area (Å²) >= 11 is 0. The van der Waals surface area contributed by atoms with E-state index in [-0.39, 0.29) is 12.1 Å². The van der Waals surface area contributed by atoms with Gasteiger partial charge in [0, 0.05) is 30.3 Å². The first-order valence-corrected chi connectivity index (χ1v) is 8.67. The summed E-state index contributed by atoms with van der Waals surface area (Å²) in [4.78, 5) is 14.7. The molecule has 1 saturated heterocycles. The molecular weight excluding hydrogens is 310 g/mol. The molecule has 1 N–H and O–H groups in total. The molecule has 1 fully saturated rings. The Labute approximate surface area is 147 Å². The van der Waals surface area contributed by atoms with E-state index in [2.05, 4.69) is 17.4 Å². The van der Waals surface area contributed by atoms with Gasteiger partial charge in [-0.1, -0.05) is 36.4 Å². The van der Waals surface area contributed by atoms with Crippen LogP contribution in [0.3, 0.4) is 0 Å². The van der Waals surface area contributed by atoms with Crippen molar-refractivity contribution in [1.29, 1.82) is 0 Å². The number of hydrogen-bond acceptors (Lipinski definition) is 1. The standard InChI is InChI=1S/C21H21N3O/c25-21(24-15-7-12-20(24)17-8-2-1-3-9-17)22-18-10-6-11-19(16-18)23-13-4-5-14-23/h1-6,8-11,13-14,16,20H,7,12,15H2,(H,22,25). The molecule has 1 aromatic heterocycles. The number of carbonyl (C=O) groups is 1. The van der Waals surface area contributed by atoms with Gasteiger partial charge in [0.15, 0.2) is 0 Å². The number of nitrogens with zero attached hydrogens (tertiary/aromatic N) is 2. The quantitative estimate of drug-likeness (QED) is 0.732. The fourth-order valence-electron chi connectivity index (χ4n) is 3.48. The average Bonchev–Trinajstić information content (AvgIpc) is 3.34. The Morgan fingerprint density at radius 1 is 0.960 bits per heavy atom. The highest BCUT2D eigenvalue weighted by Gasteiger charge is 2.29. The van der Waals surface area contributed by atoms with Crippen molar-refractivity contribution in [3.05, 3.63) is 84.7 Å². The van der Waals surface area contributed by atoms with Gasteiger partial charge in [0.2, 0.25) is 0 Å². The molecule has 0 aliphatic carbocycles. The Balaban J connectivity index is 1.51. The van der Waals surface area contributed by atoms with Crippen molar-refractivity contribution < 1.29 is 4.79 Å². The first-order valence-electron chi connectivity index (χ1n) is 8.67. The highest BCUT2D eigenvalue weighted by molar-refractivity contribution is 5.90. The minimum absolute atomic E-state index is 0.0315. The molecule has 4 nitrogen and oxygen atoms in total. The van der Waals surface area contributed by atoms with E-state index in [9.17, 15) is 4.79 Å². The molecule has 1 atom stereocenters. The lowest BCUT2D eigenvalue weighted by Crippen LogP contribution is -2.34. The van der Waals surface area contributed by atoms with Crippen LogP contribution in [0.15, 0.2) is 79.1 Å². The van der Waals surface area contributed by atoms with Gasteiger partial charge in [0.1, 0.15) is 0 Å². The number of hydrogen-bond donors (Lipinski definition) is 1. The molecular formula is C21H21N3O. The number of anilines is 1. The fourth-order valence-corrected chi connectivity index (χ4v) is 3.48. The van der Waals surface area contributed by atoms with Crippen molar-refractivity contribution >= 4 is 11.7 Å². The summed E-state index contributed by atoms with van der Waals surface area (Å²) in [5.41, 5.74) is 3.05. The first kappa shape index (κ1) is 15.5. The molecule has 2 aromatic carbocycles. The second-order valence-electron chi connectivity index (χ2n) is 6.33. The molecule has 3 aromatic rings. The van der Waals surface area contributed by atoms with Crippen molar-refractivity contribution in [1.82, 2.24) is 9.47 Å². The van der Waals surface area contributed by atoms with E-state index in [4.69, 9.17) is 0 Å². The maximum absolute atomic E-state index is 12.8. The van der Waals surface area contributed by atoms with Crippen LogP contribution in [0, 0.1) is 0 Å². The minimum atomic E-state index is -0.0315. The maximum atomic E-state index is 12.8. The molecule has 1 unspecified atom stereocenters. The summed E-state index contributed by atoms with van der Waals surface area (Å²) < 4.78 is 2.03. The lowest BCUT2D eigenvalue weighted by Gasteiger charge is -2.25. The van der Waals surface area contributed by atoms with Gasteiger partial charge < -0.3 is 14.8 Å². The van der Waals surface area contributed by atoms with Crippen LogP contribution in [0.5, 0.6) is 0 Å². The Morgan fingerprint density at radius 2 is 1.76 bits per heavy atom. The van der Waals surface area contributed by atoms with Gasteiger partial charge in [0.25, 0.3) is 0 Å². The molecule has 1 aliphatic heterocycles. The third-order valence-corrected chi connectivity index (χ3v) is 4.70. The summed E-state index contributed by atoms with van der Waals surface area (Å²) in [6.45, 7) is 0.794. The van der Waals surface area contributed by atoms with Crippen molar-refractivity contribution in [3.63, 3.8) is 0 Å². The lowest BCUT2D eigenvalue weighted by molar-refractivity contribution is 0.207. The predicted octanol–water partition coefficient (Wildman–Crippen LogP) is 4.85. The highest BCUT2D eigenvalue weighted by atomic mass is 16.2. The van der Waals surface area contributed by atoms with E-state index >= 15 is 0 Å². The van der Waals surface area contributed by atoms with Gasteiger partial charge in [-0.15, -0.1) is 0 Å². The van der Waals surface area contributed by atoms with Crippen LogP contribution in [0.1, 0.15) is 24.4 Å². The molecule has 4 rings (SSSR count). The Hall–Kier alpha value is -3.01. The van der Waals surface area contributed by atoms with Gasteiger partial charge in [-0.05, 0) is 48.7 Å². The average molecular weight is 331 g/mol. The number of likely N-dealkylation sites (tertiary alicyclic amines) is 1. The van der Waals surface area contributed by atoms with Crippen LogP contribution < -0.4 is 5.32 Å². The summed E-state index contributed by atoms with van der Waals surface area (Å²) in [6.07, 6.45) is 6.04. The van der Waals surface area contributed by atoms with E-state index in [1.54, 1.807) is 0 Å². The number of aromatic nitrogens is 1. The molecule has 0 spiro atoms. The molecule has 126 valence electrons. The highest BCUT2D eigenvalue weighted by Crippen LogP contribution is 2.32. The lowest BCUT2D eigenvalue weighted by atomic mass is 10.1. The topological polar surface area (TPSA) is 37.3 Å². The number of carbonyl (C=O) groups excluding carboxylic acids is 1. The van der Waals surface area contributed by atoms with E-state index in [1.807, 2.05) is 76.5 Å². The first-order chi connectivity index (χ1) is 12.3. The molecule has 4 heteroatoms. The number of benzene rings is 2. The van der Waals surface area contributed by atoms with Crippen molar-refractivity contribution in [2.45, 2.75) is 18.9 Å². The van der Waals surface area contributed by atoms with Gasteiger partial charge in [-0.3, -0.25) is 0 Å². The van der Waals surface area contributed by atoms with Gasteiger partial charge in [-0.25, -0.2) is 4.79 Å². The zero-order valence-corrected chi connectivity index (χ0v) is 14.0. The molecule has 0 bridgehead atoms. The molecule has 2 amide bonds. The third kappa shape index (κ3) is 3.29. The number of amides is 2. The SMILES string of the molecule is O=C(Nc1cccc(-n2cccc2)c1)N1CCCC1c1ccccc1. The number of urea groups is 1.